The first-order chi connectivity index (χ1) is 10.9. The maximum absolute atomic E-state index is 13.7. The molecule has 1 fully saturated rings. The van der Waals surface area contributed by atoms with Gasteiger partial charge in [-0.1, -0.05) is 19.3 Å². The molecular formula is C15H18FN3O3S. The Morgan fingerprint density at radius 1 is 1.43 bits per heavy atom. The Hall–Kier alpha value is -1.98. The number of nitrogens with one attached hydrogen (secondary N) is 1. The molecule has 0 bridgehead atoms. The van der Waals surface area contributed by atoms with Gasteiger partial charge in [0.1, 0.15) is 17.5 Å². The first-order valence-corrected chi connectivity index (χ1v) is 8.35. The molecule has 0 saturated heterocycles. The highest BCUT2D eigenvalue weighted by Gasteiger charge is 2.40. The van der Waals surface area contributed by atoms with E-state index in [1.807, 2.05) is 0 Å². The molecule has 0 aliphatic heterocycles. The van der Waals surface area contributed by atoms with Gasteiger partial charge in [0.2, 0.25) is 0 Å². The lowest BCUT2D eigenvalue weighted by Gasteiger charge is -2.34. The maximum Gasteiger partial charge on any atom is 0.264 e. The average molecular weight is 339 g/mol. The van der Waals surface area contributed by atoms with Crippen LogP contribution in [-0.4, -0.2) is 22.8 Å². The van der Waals surface area contributed by atoms with Crippen molar-refractivity contribution in [2.24, 2.45) is 0 Å². The number of carbonyl (C=O) groups excluding carboxylic acids is 1. The Kier molecular flexibility index (Phi) is 5.34. The average Bonchev–Trinajstić information content (AvgIpc) is 2.57. The number of hydrogen-bond donors (Lipinski definition) is 2. The molecular weight excluding hydrogens is 321 g/mol. The van der Waals surface area contributed by atoms with Crippen LogP contribution in [-0.2, 0) is 20.5 Å². The number of hydrogen-bond acceptors (Lipinski definition) is 5. The normalized spacial score (nSPS) is 18.0. The number of anilines is 1. The van der Waals surface area contributed by atoms with E-state index < -0.39 is 28.3 Å². The van der Waals surface area contributed by atoms with Gasteiger partial charge >= 0.3 is 0 Å². The first kappa shape index (κ1) is 17.4. The molecule has 1 saturated carbocycles. The van der Waals surface area contributed by atoms with Gasteiger partial charge in [0.05, 0.1) is 16.1 Å². The van der Waals surface area contributed by atoms with E-state index >= 15 is 0 Å². The fourth-order valence-electron chi connectivity index (χ4n) is 2.68. The van der Waals surface area contributed by atoms with E-state index in [2.05, 4.69) is 4.72 Å². The predicted molar refractivity (Wildman–Crippen MR) is 82.9 cm³/mol. The first-order valence-electron chi connectivity index (χ1n) is 7.20. The molecule has 0 aromatic heterocycles. The molecule has 0 heterocycles. The van der Waals surface area contributed by atoms with E-state index in [1.165, 1.54) is 13.2 Å². The number of benzene rings is 1. The van der Waals surface area contributed by atoms with Crippen LogP contribution in [0.2, 0.25) is 0 Å². The number of methoxy groups -OCH3 is 1. The van der Waals surface area contributed by atoms with Gasteiger partial charge in [0.25, 0.3) is 5.91 Å². The number of nitrogen functional groups attached to an aromatic ring is 1. The third-order valence-electron chi connectivity index (χ3n) is 4.09. The molecule has 1 unspecified atom stereocenters. The van der Waals surface area contributed by atoms with Crippen molar-refractivity contribution in [2.45, 2.75) is 42.6 Å². The smallest absolute Gasteiger partial charge is 0.264 e. The van der Waals surface area contributed by atoms with E-state index in [-0.39, 0.29) is 16.1 Å². The van der Waals surface area contributed by atoms with Crippen LogP contribution in [0.25, 0.3) is 0 Å². The van der Waals surface area contributed by atoms with E-state index in [1.54, 1.807) is 6.07 Å². The summed E-state index contributed by atoms with van der Waals surface area (Å²) >= 11 is 0. The van der Waals surface area contributed by atoms with E-state index in [9.17, 15) is 13.4 Å². The highest BCUT2D eigenvalue weighted by molar-refractivity contribution is 7.83. The molecule has 2 rings (SSSR count). The van der Waals surface area contributed by atoms with Gasteiger partial charge in [0, 0.05) is 7.11 Å². The van der Waals surface area contributed by atoms with E-state index in [0.29, 0.717) is 12.8 Å². The molecule has 23 heavy (non-hydrogen) atoms. The molecule has 8 heteroatoms. The molecule has 3 N–H and O–H groups in total. The second-order valence-electron chi connectivity index (χ2n) is 5.44. The fraction of sp³-hybridized carbons (Fsp3) is 0.467. The van der Waals surface area contributed by atoms with Crippen molar-refractivity contribution in [1.82, 2.24) is 4.72 Å². The molecule has 1 aromatic rings. The third kappa shape index (κ3) is 3.51. The van der Waals surface area contributed by atoms with Crippen LogP contribution in [0.4, 0.5) is 10.1 Å². The zero-order chi connectivity index (χ0) is 17.0. The summed E-state index contributed by atoms with van der Waals surface area (Å²) in [5.74, 6) is -1.34. The predicted octanol–water partition coefficient (Wildman–Crippen LogP) is 1.77. The number of halogens is 1. The Labute approximate surface area is 136 Å². The number of amides is 1. The van der Waals surface area contributed by atoms with Crippen LogP contribution in [0.1, 0.15) is 37.7 Å². The zero-order valence-corrected chi connectivity index (χ0v) is 13.5. The van der Waals surface area contributed by atoms with Gasteiger partial charge in [-0.25, -0.2) is 8.60 Å². The topological polar surface area (TPSA) is 105 Å². The Bertz CT molecular complexity index is 681. The monoisotopic (exact) mass is 339 g/mol. The van der Waals surface area contributed by atoms with Crippen molar-refractivity contribution >= 4 is 22.6 Å². The second kappa shape index (κ2) is 7.06. The fourth-order valence-corrected chi connectivity index (χ4v) is 3.58. The largest absolute Gasteiger partial charge is 0.395 e. The van der Waals surface area contributed by atoms with Crippen molar-refractivity contribution < 1.29 is 18.1 Å². The summed E-state index contributed by atoms with van der Waals surface area (Å²) in [7, 11) is -0.550. The minimum atomic E-state index is -2.00. The van der Waals surface area contributed by atoms with Gasteiger partial charge in [-0.05, 0) is 25.0 Å². The summed E-state index contributed by atoms with van der Waals surface area (Å²) in [6, 6.07) is 3.88. The standard InChI is InChI=1S/C15H18FN3O3S/c1-22-15(5-3-2-4-6-15)14(20)19-23(21)11-7-10(9-17)13(18)12(16)8-11/h7-8H,2-6,18H2,1H3,(H,19,20). The third-order valence-corrected chi connectivity index (χ3v) is 5.12. The van der Waals surface area contributed by atoms with Crippen LogP contribution >= 0.6 is 0 Å². The van der Waals surface area contributed by atoms with Crippen LogP contribution in [0.3, 0.4) is 0 Å². The van der Waals surface area contributed by atoms with E-state index in [0.717, 1.165) is 25.3 Å². The lowest BCUT2D eigenvalue weighted by atomic mass is 9.84. The molecule has 1 atom stereocenters. The number of nitrogens with two attached hydrogens (primary N) is 1. The van der Waals surface area contributed by atoms with Gasteiger partial charge in [-0.2, -0.15) is 5.26 Å². The van der Waals surface area contributed by atoms with Gasteiger partial charge in [-0.3, -0.25) is 9.52 Å². The van der Waals surface area contributed by atoms with Crippen molar-refractivity contribution in [2.75, 3.05) is 12.8 Å². The Balaban J connectivity index is 2.20. The summed E-state index contributed by atoms with van der Waals surface area (Å²) in [5.41, 5.74) is 3.99. The summed E-state index contributed by atoms with van der Waals surface area (Å²) in [6.45, 7) is 0. The van der Waals surface area contributed by atoms with Crippen LogP contribution in [0, 0.1) is 17.1 Å². The quantitative estimate of drug-likeness (QED) is 0.813. The van der Waals surface area contributed by atoms with Crippen LogP contribution in [0.15, 0.2) is 17.0 Å². The number of nitrogens with zero attached hydrogens (tertiary/aromatic N) is 1. The molecule has 0 radical (unpaired) electrons. The van der Waals surface area contributed by atoms with E-state index in [4.69, 9.17) is 15.7 Å². The highest BCUT2D eigenvalue weighted by atomic mass is 32.2. The second-order valence-corrected chi connectivity index (χ2v) is 6.65. The summed E-state index contributed by atoms with van der Waals surface area (Å²) in [4.78, 5) is 12.4. The number of nitriles is 1. The van der Waals surface area contributed by atoms with Gasteiger partial charge < -0.3 is 10.5 Å². The summed E-state index contributed by atoms with van der Waals surface area (Å²) < 4.78 is 33.7. The lowest BCUT2D eigenvalue weighted by molar-refractivity contribution is -0.145. The highest BCUT2D eigenvalue weighted by Crippen LogP contribution is 2.31. The van der Waals surface area contributed by atoms with Gasteiger partial charge in [0.15, 0.2) is 11.0 Å². The zero-order valence-electron chi connectivity index (χ0n) is 12.7. The minimum absolute atomic E-state index is 0.0244. The molecule has 1 amide bonds. The Morgan fingerprint density at radius 2 is 2.09 bits per heavy atom. The molecule has 1 aromatic carbocycles. The van der Waals surface area contributed by atoms with Gasteiger partial charge in [-0.15, -0.1) is 0 Å². The van der Waals surface area contributed by atoms with Crippen LogP contribution < -0.4 is 10.5 Å². The number of ether oxygens (including phenoxy) is 1. The molecule has 6 nitrogen and oxygen atoms in total. The molecule has 1 aliphatic carbocycles. The van der Waals surface area contributed by atoms with Crippen LogP contribution in [0.5, 0.6) is 0 Å². The molecule has 1 aliphatic rings. The van der Waals surface area contributed by atoms with Crippen molar-refractivity contribution in [1.29, 1.82) is 5.26 Å². The van der Waals surface area contributed by atoms with Crippen molar-refractivity contribution in [3.8, 4) is 6.07 Å². The molecule has 124 valence electrons. The van der Waals surface area contributed by atoms with Crippen molar-refractivity contribution in [3.63, 3.8) is 0 Å². The lowest BCUT2D eigenvalue weighted by Crippen LogP contribution is -2.49. The SMILES string of the molecule is COC1(C(=O)NS(=O)c2cc(F)c(N)c(C#N)c2)CCCCC1. The van der Waals surface area contributed by atoms with Crippen molar-refractivity contribution in [3.05, 3.63) is 23.5 Å². The number of carbonyl (C=O) groups is 1. The maximum atomic E-state index is 13.7. The summed E-state index contributed by atoms with van der Waals surface area (Å²) in [5, 5.41) is 8.91. The minimum Gasteiger partial charge on any atom is -0.395 e. The Morgan fingerprint density at radius 3 is 2.65 bits per heavy atom. The number of rotatable bonds is 4. The summed E-state index contributed by atoms with van der Waals surface area (Å²) in [6.07, 6.45) is 3.82. The molecule has 0 spiro atoms.